The Bertz CT molecular complexity index is 1210. The van der Waals surface area contributed by atoms with Crippen LogP contribution in [-0.2, 0) is 6.42 Å². The molecule has 1 aromatic carbocycles. The van der Waals surface area contributed by atoms with Crippen LogP contribution in [0.15, 0.2) is 29.1 Å². The maximum absolute atomic E-state index is 12.6. The first kappa shape index (κ1) is 20.6. The van der Waals surface area contributed by atoms with Gasteiger partial charge in [0.1, 0.15) is 25.1 Å². The lowest BCUT2D eigenvalue weighted by Crippen LogP contribution is -2.39. The fraction of sp³-hybridized carbons (Fsp3) is 0.458. The van der Waals surface area contributed by atoms with Crippen LogP contribution in [0.4, 0.5) is 5.82 Å². The number of piperidine rings is 1. The third kappa shape index (κ3) is 3.74. The second-order valence-electron chi connectivity index (χ2n) is 8.36. The first-order valence-electron chi connectivity index (χ1n) is 11.2. The van der Waals surface area contributed by atoms with E-state index >= 15 is 0 Å². The second kappa shape index (κ2) is 8.33. The summed E-state index contributed by atoms with van der Waals surface area (Å²) in [5.74, 6) is 3.15. The van der Waals surface area contributed by atoms with Crippen LogP contribution in [0.2, 0.25) is 0 Å². The number of benzene rings is 1. The van der Waals surface area contributed by atoms with E-state index in [0.717, 1.165) is 72.2 Å². The number of fused-ring (bicyclic) bond motifs is 2. The van der Waals surface area contributed by atoms with E-state index in [1.165, 1.54) is 4.52 Å². The lowest BCUT2D eigenvalue weighted by molar-refractivity contribution is 0.159. The second-order valence-corrected chi connectivity index (χ2v) is 8.36. The molecule has 4 heterocycles. The van der Waals surface area contributed by atoms with E-state index in [0.29, 0.717) is 18.9 Å². The average molecular weight is 437 g/mol. The molecule has 0 amide bonds. The monoisotopic (exact) mass is 436 g/mol. The van der Waals surface area contributed by atoms with Crippen LogP contribution >= 0.6 is 0 Å². The zero-order valence-electron chi connectivity index (χ0n) is 18.8. The Morgan fingerprint density at radius 3 is 2.56 bits per heavy atom. The van der Waals surface area contributed by atoms with Crippen LogP contribution in [0.5, 0.6) is 17.2 Å². The Labute approximate surface area is 186 Å². The van der Waals surface area contributed by atoms with Gasteiger partial charge < -0.3 is 19.1 Å². The van der Waals surface area contributed by atoms with Gasteiger partial charge >= 0.3 is 0 Å². The summed E-state index contributed by atoms with van der Waals surface area (Å²) in [5.41, 5.74) is 3.37. The highest BCUT2D eigenvalue weighted by atomic mass is 16.6. The molecule has 5 rings (SSSR count). The van der Waals surface area contributed by atoms with E-state index in [-0.39, 0.29) is 11.7 Å². The number of anilines is 1. The molecule has 32 heavy (non-hydrogen) atoms. The van der Waals surface area contributed by atoms with Crippen molar-refractivity contribution in [2.45, 2.75) is 46.1 Å². The summed E-state index contributed by atoms with van der Waals surface area (Å²) in [6.45, 7) is 8.83. The fourth-order valence-corrected chi connectivity index (χ4v) is 4.32. The lowest BCUT2D eigenvalue weighted by atomic mass is 10.1. The van der Waals surface area contributed by atoms with E-state index in [1.54, 1.807) is 6.07 Å². The summed E-state index contributed by atoms with van der Waals surface area (Å²) >= 11 is 0. The smallest absolute Gasteiger partial charge is 0.274 e. The van der Waals surface area contributed by atoms with Crippen molar-refractivity contribution in [1.29, 1.82) is 0 Å². The third-order valence-electron chi connectivity index (χ3n) is 6.30. The zero-order valence-corrected chi connectivity index (χ0v) is 18.8. The maximum atomic E-state index is 12.6. The van der Waals surface area contributed by atoms with Crippen molar-refractivity contribution in [2.24, 2.45) is 0 Å². The summed E-state index contributed by atoms with van der Waals surface area (Å²) in [6.07, 6.45) is 2.58. The largest absolute Gasteiger partial charge is 0.490 e. The predicted molar refractivity (Wildman–Crippen MR) is 121 cm³/mol. The van der Waals surface area contributed by atoms with Gasteiger partial charge in [-0.3, -0.25) is 4.79 Å². The van der Waals surface area contributed by atoms with Gasteiger partial charge in [0.15, 0.2) is 23.0 Å². The van der Waals surface area contributed by atoms with E-state index in [2.05, 4.69) is 21.9 Å². The zero-order chi connectivity index (χ0) is 22.2. The van der Waals surface area contributed by atoms with Gasteiger partial charge in [-0.1, -0.05) is 6.92 Å². The molecule has 0 atom stereocenters. The molecular formula is C24H28N4O4. The SMILES string of the molecule is CCc1cc(=O)n2nc(N3CCC(Oc4ccc5c(c4)OCCO5)CC3)c(C)c(C)c2n1. The van der Waals surface area contributed by atoms with Crippen LogP contribution in [0.1, 0.15) is 36.6 Å². The van der Waals surface area contributed by atoms with E-state index in [4.69, 9.17) is 14.2 Å². The number of ether oxygens (including phenoxy) is 3. The molecule has 0 unspecified atom stereocenters. The standard InChI is InChI=1S/C24H28N4O4/c1-4-17-13-22(29)28-23(25-17)15(2)16(3)24(26-28)27-9-7-18(8-10-27)32-19-5-6-20-21(14-19)31-12-11-30-20/h5-6,13-14,18H,4,7-12H2,1-3H3. The van der Waals surface area contributed by atoms with Crippen LogP contribution < -0.4 is 24.7 Å². The van der Waals surface area contributed by atoms with Crippen molar-refractivity contribution in [1.82, 2.24) is 14.6 Å². The molecule has 168 valence electrons. The number of rotatable bonds is 4. The minimum Gasteiger partial charge on any atom is -0.490 e. The Morgan fingerprint density at radius 1 is 1.06 bits per heavy atom. The molecule has 0 radical (unpaired) electrons. The summed E-state index contributed by atoms with van der Waals surface area (Å²) in [6, 6.07) is 7.32. The fourth-order valence-electron chi connectivity index (χ4n) is 4.32. The molecule has 1 saturated heterocycles. The Morgan fingerprint density at radius 2 is 1.81 bits per heavy atom. The summed E-state index contributed by atoms with van der Waals surface area (Å²) < 4.78 is 18.9. The van der Waals surface area contributed by atoms with E-state index in [1.807, 2.05) is 32.0 Å². The maximum Gasteiger partial charge on any atom is 0.274 e. The quantitative estimate of drug-likeness (QED) is 0.622. The summed E-state index contributed by atoms with van der Waals surface area (Å²) in [4.78, 5) is 19.5. The molecule has 0 spiro atoms. The van der Waals surface area contributed by atoms with Crippen LogP contribution in [-0.4, -0.2) is 47.0 Å². The van der Waals surface area contributed by atoms with Crippen LogP contribution in [0, 0.1) is 13.8 Å². The van der Waals surface area contributed by atoms with Crippen molar-refractivity contribution in [3.63, 3.8) is 0 Å². The molecule has 2 aliphatic rings. The van der Waals surface area contributed by atoms with E-state index in [9.17, 15) is 4.79 Å². The van der Waals surface area contributed by atoms with Crippen molar-refractivity contribution in [3.05, 3.63) is 51.4 Å². The van der Waals surface area contributed by atoms with E-state index < -0.39 is 0 Å². The highest BCUT2D eigenvalue weighted by Crippen LogP contribution is 2.35. The van der Waals surface area contributed by atoms with Gasteiger partial charge in [-0.15, -0.1) is 5.10 Å². The van der Waals surface area contributed by atoms with Gasteiger partial charge in [0.2, 0.25) is 0 Å². The average Bonchev–Trinajstić information content (AvgIpc) is 2.82. The van der Waals surface area contributed by atoms with Gasteiger partial charge in [-0.2, -0.15) is 4.52 Å². The lowest BCUT2D eigenvalue weighted by Gasteiger charge is -2.34. The molecule has 1 fully saturated rings. The molecule has 0 aliphatic carbocycles. The molecule has 8 nitrogen and oxygen atoms in total. The van der Waals surface area contributed by atoms with Gasteiger partial charge in [-0.05, 0) is 32.4 Å². The number of hydrogen-bond donors (Lipinski definition) is 0. The normalized spacial score (nSPS) is 16.4. The van der Waals surface area contributed by atoms with Crippen molar-refractivity contribution >= 4 is 11.5 Å². The molecular weight excluding hydrogens is 408 g/mol. The van der Waals surface area contributed by atoms with Gasteiger partial charge in [0, 0.05) is 54.9 Å². The number of hydrogen-bond acceptors (Lipinski definition) is 7. The van der Waals surface area contributed by atoms with Gasteiger partial charge in [0.05, 0.1) is 0 Å². The molecule has 8 heteroatoms. The Hall–Kier alpha value is -3.29. The first-order chi connectivity index (χ1) is 15.5. The highest BCUT2D eigenvalue weighted by molar-refractivity contribution is 5.59. The minimum atomic E-state index is -0.131. The predicted octanol–water partition coefficient (Wildman–Crippen LogP) is 3.09. The van der Waals surface area contributed by atoms with Crippen molar-refractivity contribution in [2.75, 3.05) is 31.2 Å². The molecule has 3 aromatic rings. The number of aromatic nitrogens is 3. The molecule has 2 aliphatic heterocycles. The van der Waals surface area contributed by atoms with Gasteiger partial charge in [0.25, 0.3) is 5.56 Å². The van der Waals surface area contributed by atoms with Crippen molar-refractivity contribution in [3.8, 4) is 17.2 Å². The first-order valence-corrected chi connectivity index (χ1v) is 11.2. The summed E-state index contributed by atoms with van der Waals surface area (Å²) in [7, 11) is 0. The minimum absolute atomic E-state index is 0.118. The molecule has 0 bridgehead atoms. The van der Waals surface area contributed by atoms with Gasteiger partial charge in [-0.25, -0.2) is 4.98 Å². The molecule has 2 aromatic heterocycles. The third-order valence-corrected chi connectivity index (χ3v) is 6.30. The van der Waals surface area contributed by atoms with Crippen molar-refractivity contribution < 1.29 is 14.2 Å². The highest BCUT2D eigenvalue weighted by Gasteiger charge is 2.25. The Kier molecular flexibility index (Phi) is 5.36. The molecule has 0 N–H and O–H groups in total. The van der Waals surface area contributed by atoms with Crippen LogP contribution in [0.25, 0.3) is 5.65 Å². The molecule has 0 saturated carbocycles. The Balaban J connectivity index is 1.32. The topological polar surface area (TPSA) is 78.2 Å². The van der Waals surface area contributed by atoms with Crippen LogP contribution in [0.3, 0.4) is 0 Å². The summed E-state index contributed by atoms with van der Waals surface area (Å²) in [5, 5.41) is 4.69. The number of aryl methyl sites for hydroxylation is 2. The number of nitrogens with zero attached hydrogens (tertiary/aromatic N) is 4.